The first-order valence-electron chi connectivity index (χ1n) is 13.4. The highest BCUT2D eigenvalue weighted by Crippen LogP contribution is 2.41. The van der Waals surface area contributed by atoms with E-state index in [1.54, 1.807) is 36.4 Å². The Hall–Kier alpha value is -5.00. The lowest BCUT2D eigenvalue weighted by molar-refractivity contribution is -0.386. The van der Waals surface area contributed by atoms with E-state index in [-0.39, 0.29) is 42.3 Å². The van der Waals surface area contributed by atoms with Crippen molar-refractivity contribution < 1.29 is 38.1 Å². The minimum absolute atomic E-state index is 0.00408. The van der Waals surface area contributed by atoms with Gasteiger partial charge < -0.3 is 33.3 Å². The largest absolute Gasteiger partial charge is 0.493 e. The third kappa shape index (κ3) is 5.87. The maximum atomic E-state index is 13.1. The van der Waals surface area contributed by atoms with Crippen molar-refractivity contribution in [3.8, 4) is 40.2 Å². The summed E-state index contributed by atoms with van der Waals surface area (Å²) in [6.07, 6.45) is 4.08. The maximum Gasteiger partial charge on any atom is 0.352 e. The predicted molar refractivity (Wildman–Crippen MR) is 154 cm³/mol. The van der Waals surface area contributed by atoms with Crippen molar-refractivity contribution in [2.24, 2.45) is 4.99 Å². The Kier molecular flexibility index (Phi) is 8.60. The number of rotatable bonds is 12. The number of hydrogen-bond donors (Lipinski definition) is 0. The summed E-state index contributed by atoms with van der Waals surface area (Å²) >= 11 is 0. The molecule has 42 heavy (non-hydrogen) atoms. The number of ether oxygens (including phenoxy) is 6. The number of methoxy groups -OCH3 is 3. The smallest absolute Gasteiger partial charge is 0.352 e. The number of amides is 1. The first-order valence-corrected chi connectivity index (χ1v) is 13.4. The molecule has 12 nitrogen and oxygen atoms in total. The molecule has 0 aromatic heterocycles. The fourth-order valence-corrected chi connectivity index (χ4v) is 4.93. The fraction of sp³-hybridized carbons (Fsp3) is 0.333. The topological polar surface area (TPSA) is 131 Å². The van der Waals surface area contributed by atoms with E-state index >= 15 is 0 Å². The van der Waals surface area contributed by atoms with Crippen molar-refractivity contribution in [1.29, 1.82) is 0 Å². The van der Waals surface area contributed by atoms with Gasteiger partial charge in [-0.3, -0.25) is 19.9 Å². The molecular weight excluding hydrogens is 546 g/mol. The first kappa shape index (κ1) is 28.5. The van der Waals surface area contributed by atoms with Crippen molar-refractivity contribution in [2.75, 3.05) is 41.1 Å². The van der Waals surface area contributed by atoms with E-state index in [2.05, 4.69) is 4.99 Å². The zero-order valence-corrected chi connectivity index (χ0v) is 23.5. The van der Waals surface area contributed by atoms with Crippen LogP contribution in [-0.2, 0) is 0 Å². The van der Waals surface area contributed by atoms with Crippen molar-refractivity contribution in [3.63, 3.8) is 0 Å². The summed E-state index contributed by atoms with van der Waals surface area (Å²) in [5.74, 6) is 2.15. The molecule has 3 aromatic carbocycles. The minimum Gasteiger partial charge on any atom is -0.493 e. The summed E-state index contributed by atoms with van der Waals surface area (Å²) in [6, 6.07) is 12.8. The summed E-state index contributed by atoms with van der Waals surface area (Å²) in [6.45, 7) is 1.08. The summed E-state index contributed by atoms with van der Waals surface area (Å²) in [4.78, 5) is 30.8. The minimum atomic E-state index is -0.547. The molecular formula is C30H31N3O9. The van der Waals surface area contributed by atoms with Crippen LogP contribution in [-0.4, -0.2) is 69.1 Å². The van der Waals surface area contributed by atoms with Gasteiger partial charge >= 0.3 is 5.69 Å². The van der Waals surface area contributed by atoms with Gasteiger partial charge in [0.1, 0.15) is 5.75 Å². The van der Waals surface area contributed by atoms with Gasteiger partial charge in [0, 0.05) is 31.3 Å². The fourth-order valence-electron chi connectivity index (χ4n) is 4.93. The molecule has 0 radical (unpaired) electrons. The van der Waals surface area contributed by atoms with E-state index in [4.69, 9.17) is 28.4 Å². The number of para-hydroxylation sites is 1. The van der Waals surface area contributed by atoms with Crippen LogP contribution in [0.25, 0.3) is 0 Å². The van der Waals surface area contributed by atoms with Gasteiger partial charge in [0.15, 0.2) is 23.0 Å². The molecule has 5 rings (SSSR count). The van der Waals surface area contributed by atoms with E-state index < -0.39 is 4.92 Å². The van der Waals surface area contributed by atoms with Crippen molar-refractivity contribution >= 4 is 23.5 Å². The molecule has 0 unspecified atom stereocenters. The molecule has 0 saturated carbocycles. The van der Waals surface area contributed by atoms with E-state index in [1.807, 2.05) is 11.1 Å². The average Bonchev–Trinajstić information content (AvgIpc) is 3.43. The van der Waals surface area contributed by atoms with E-state index in [0.29, 0.717) is 53.0 Å². The lowest BCUT2D eigenvalue weighted by Gasteiger charge is -2.20. The number of benzene rings is 3. The highest BCUT2D eigenvalue weighted by atomic mass is 16.6. The Morgan fingerprint density at radius 3 is 2.36 bits per heavy atom. The molecule has 0 spiro atoms. The van der Waals surface area contributed by atoms with Gasteiger partial charge in [-0.1, -0.05) is 6.07 Å². The molecule has 0 aliphatic carbocycles. The van der Waals surface area contributed by atoms with Gasteiger partial charge in [0.2, 0.25) is 11.5 Å². The van der Waals surface area contributed by atoms with Crippen molar-refractivity contribution in [1.82, 2.24) is 4.90 Å². The van der Waals surface area contributed by atoms with Crippen LogP contribution in [0.15, 0.2) is 53.5 Å². The maximum absolute atomic E-state index is 13.1. The Balaban J connectivity index is 1.23. The second kappa shape index (κ2) is 12.7. The van der Waals surface area contributed by atoms with Crippen LogP contribution in [0.5, 0.6) is 40.2 Å². The molecule has 2 heterocycles. The van der Waals surface area contributed by atoms with E-state index in [1.165, 1.54) is 33.5 Å². The van der Waals surface area contributed by atoms with Crippen molar-refractivity contribution in [3.05, 3.63) is 64.2 Å². The van der Waals surface area contributed by atoms with Crippen LogP contribution in [0.1, 0.15) is 29.6 Å². The molecule has 0 N–H and O–H groups in total. The summed E-state index contributed by atoms with van der Waals surface area (Å²) < 4.78 is 33.5. The monoisotopic (exact) mass is 577 g/mol. The zero-order chi connectivity index (χ0) is 29.6. The van der Waals surface area contributed by atoms with Crippen molar-refractivity contribution in [2.45, 2.75) is 25.3 Å². The third-order valence-electron chi connectivity index (χ3n) is 6.99. The first-order chi connectivity index (χ1) is 20.4. The quantitative estimate of drug-likeness (QED) is 0.154. The Bertz CT molecular complexity index is 1510. The zero-order valence-electron chi connectivity index (χ0n) is 23.5. The van der Waals surface area contributed by atoms with E-state index in [0.717, 1.165) is 12.8 Å². The number of hydrogen-bond acceptors (Lipinski definition) is 10. The van der Waals surface area contributed by atoms with Gasteiger partial charge in [-0.25, -0.2) is 0 Å². The number of carbonyl (C=O) groups is 1. The second-order valence-electron chi connectivity index (χ2n) is 9.54. The summed E-state index contributed by atoms with van der Waals surface area (Å²) in [7, 11) is 4.51. The van der Waals surface area contributed by atoms with Crippen LogP contribution >= 0.6 is 0 Å². The predicted octanol–water partition coefficient (Wildman–Crippen LogP) is 5.58. The average molecular weight is 578 g/mol. The molecule has 220 valence electrons. The summed E-state index contributed by atoms with van der Waals surface area (Å²) in [5.41, 5.74) is 0.706. The highest BCUT2D eigenvalue weighted by molar-refractivity contribution is 6.03. The lowest BCUT2D eigenvalue weighted by Crippen LogP contribution is -2.35. The molecule has 1 atom stereocenters. The third-order valence-corrected chi connectivity index (χ3v) is 6.99. The molecule has 1 fully saturated rings. The summed E-state index contributed by atoms with van der Waals surface area (Å²) in [5, 5.41) is 12.0. The molecule has 3 aromatic rings. The molecule has 1 saturated heterocycles. The lowest BCUT2D eigenvalue weighted by atomic mass is 10.1. The Morgan fingerprint density at radius 2 is 1.62 bits per heavy atom. The van der Waals surface area contributed by atoms with Crippen LogP contribution in [0.4, 0.5) is 11.4 Å². The molecule has 1 amide bonds. The number of fused-ring (bicyclic) bond motifs is 2. The SMILES string of the molecule is COc1ccc(Oc2cccc(OCCCOc3cc4c(cc3OC)C(=O)N3CCC[C@H]3C=N4)c2[N+](=O)[O-])cc1OC. The Morgan fingerprint density at radius 1 is 0.905 bits per heavy atom. The molecule has 2 aliphatic heterocycles. The number of aliphatic imine (C=N–C) groups is 1. The van der Waals surface area contributed by atoms with E-state index in [9.17, 15) is 14.9 Å². The number of nitro benzene ring substituents is 1. The molecule has 0 bridgehead atoms. The van der Waals surface area contributed by atoms with Gasteiger partial charge in [0.05, 0.1) is 56.8 Å². The molecule has 2 aliphatic rings. The van der Waals surface area contributed by atoms with Gasteiger partial charge in [0.25, 0.3) is 5.91 Å². The number of nitrogens with zero attached hydrogens (tertiary/aromatic N) is 3. The number of carbonyl (C=O) groups excluding carboxylic acids is 1. The number of nitro groups is 1. The Labute approximate surface area is 242 Å². The molecule has 12 heteroatoms. The van der Waals surface area contributed by atoms with Crippen LogP contribution in [0.2, 0.25) is 0 Å². The standard InChI is InChI=1S/C30H31N3O9/c1-37-23-11-10-20(15-26(23)38-2)42-25-9-4-8-24(29(25)33(35)36)40-13-6-14-41-28-17-22-21(16-27(28)39-3)30(34)32-12-5-7-19(32)18-31-22/h4,8-11,15-19H,5-7,12-14H2,1-3H3/t19-/m0/s1. The van der Waals surface area contributed by atoms with Gasteiger partial charge in [-0.15, -0.1) is 0 Å². The normalized spacial score (nSPS) is 15.4. The van der Waals surface area contributed by atoms with Gasteiger partial charge in [-0.2, -0.15) is 0 Å². The second-order valence-corrected chi connectivity index (χ2v) is 9.54. The highest BCUT2D eigenvalue weighted by Gasteiger charge is 2.32. The van der Waals surface area contributed by atoms with Crippen LogP contribution in [0, 0.1) is 10.1 Å². The van der Waals surface area contributed by atoms with Gasteiger partial charge in [-0.05, 0) is 43.2 Å². The van der Waals surface area contributed by atoms with Crippen LogP contribution < -0.4 is 28.4 Å². The van der Waals surface area contributed by atoms with Crippen LogP contribution in [0.3, 0.4) is 0 Å².